The molecule has 0 fully saturated rings. The predicted molar refractivity (Wildman–Crippen MR) is 101 cm³/mol. The Morgan fingerprint density at radius 2 is 1.83 bits per heavy atom. The lowest BCUT2D eigenvalue weighted by Crippen LogP contribution is -2.38. The van der Waals surface area contributed by atoms with E-state index in [0.29, 0.717) is 24.1 Å². The average Bonchev–Trinajstić information content (AvgIpc) is 3.31. The number of hydrogen-bond acceptors (Lipinski definition) is 3. The number of nitrogens with two attached hydrogens (primary N) is 1. The van der Waals surface area contributed by atoms with Gasteiger partial charge in [-0.2, -0.15) is 5.10 Å². The summed E-state index contributed by atoms with van der Waals surface area (Å²) >= 11 is 0. The number of rotatable bonds is 5. The zero-order chi connectivity index (χ0) is 20.5. The largest absolute Gasteiger partial charge is 0.368 e. The Kier molecular flexibility index (Phi) is 4.84. The van der Waals surface area contributed by atoms with Gasteiger partial charge in [-0.3, -0.25) is 9.59 Å². The van der Waals surface area contributed by atoms with Gasteiger partial charge in [-0.1, -0.05) is 30.3 Å². The normalized spacial score (nSPS) is 13.7. The summed E-state index contributed by atoms with van der Waals surface area (Å²) in [6.07, 6.45) is 2.11. The van der Waals surface area contributed by atoms with Gasteiger partial charge in [0.05, 0.1) is 5.69 Å². The van der Waals surface area contributed by atoms with Gasteiger partial charge in [0, 0.05) is 17.3 Å². The van der Waals surface area contributed by atoms with Crippen LogP contribution >= 0.6 is 0 Å². The second-order valence-corrected chi connectivity index (χ2v) is 6.86. The summed E-state index contributed by atoms with van der Waals surface area (Å²) in [6, 6.07) is 11.1. The molecule has 1 aliphatic carbocycles. The van der Waals surface area contributed by atoms with Crippen molar-refractivity contribution in [2.75, 3.05) is 0 Å². The summed E-state index contributed by atoms with van der Waals surface area (Å²) in [4.78, 5) is 24.8. The minimum atomic E-state index is -1.01. The molecular formula is C21H18F2N4O2. The van der Waals surface area contributed by atoms with Crippen molar-refractivity contribution in [1.29, 1.82) is 0 Å². The van der Waals surface area contributed by atoms with Crippen molar-refractivity contribution in [1.82, 2.24) is 15.1 Å². The number of amides is 2. The van der Waals surface area contributed by atoms with Crippen LogP contribution in [0.5, 0.6) is 0 Å². The van der Waals surface area contributed by atoms with Crippen LogP contribution in [0.1, 0.15) is 39.8 Å². The summed E-state index contributed by atoms with van der Waals surface area (Å²) < 4.78 is 28.4. The molecule has 0 aliphatic heterocycles. The highest BCUT2D eigenvalue weighted by molar-refractivity contribution is 5.97. The van der Waals surface area contributed by atoms with E-state index in [2.05, 4.69) is 10.4 Å². The first-order valence-electron chi connectivity index (χ1n) is 9.17. The van der Waals surface area contributed by atoms with E-state index in [1.54, 1.807) is 30.3 Å². The highest BCUT2D eigenvalue weighted by Crippen LogP contribution is 2.28. The van der Waals surface area contributed by atoms with Crippen molar-refractivity contribution < 1.29 is 18.4 Å². The molecule has 1 aliphatic rings. The van der Waals surface area contributed by atoms with Crippen molar-refractivity contribution in [3.63, 3.8) is 0 Å². The third-order valence-electron chi connectivity index (χ3n) is 4.99. The Labute approximate surface area is 165 Å². The van der Waals surface area contributed by atoms with Crippen LogP contribution in [0.15, 0.2) is 48.5 Å². The van der Waals surface area contributed by atoms with Crippen LogP contribution in [0.3, 0.4) is 0 Å². The standard InChI is InChI=1S/C21H18F2N4O2/c22-15-10-9-13(11-16(15)23)27-17-8-4-7-14(17)19(26-27)21(29)25-18(20(24)28)12-5-2-1-3-6-12/h1-3,5-6,9-11,18H,4,7-8H2,(H2,24,28)(H,25,29). The number of benzene rings is 2. The van der Waals surface area contributed by atoms with Gasteiger partial charge in [-0.15, -0.1) is 0 Å². The number of primary amides is 1. The first-order chi connectivity index (χ1) is 14.0. The molecule has 6 nitrogen and oxygen atoms in total. The quantitative estimate of drug-likeness (QED) is 0.695. The molecule has 1 atom stereocenters. The lowest BCUT2D eigenvalue weighted by atomic mass is 10.1. The molecule has 4 rings (SSSR count). The van der Waals surface area contributed by atoms with E-state index in [4.69, 9.17) is 5.73 Å². The molecule has 1 heterocycles. The smallest absolute Gasteiger partial charge is 0.272 e. The zero-order valence-electron chi connectivity index (χ0n) is 15.4. The molecule has 0 saturated heterocycles. The number of hydrogen-bond donors (Lipinski definition) is 2. The van der Waals surface area contributed by atoms with Crippen LogP contribution in [-0.2, 0) is 17.6 Å². The van der Waals surface area contributed by atoms with Gasteiger partial charge in [-0.05, 0) is 37.0 Å². The number of aromatic nitrogens is 2. The van der Waals surface area contributed by atoms with Gasteiger partial charge < -0.3 is 11.1 Å². The maximum Gasteiger partial charge on any atom is 0.272 e. The van der Waals surface area contributed by atoms with Crippen LogP contribution in [0, 0.1) is 11.6 Å². The highest BCUT2D eigenvalue weighted by atomic mass is 19.2. The van der Waals surface area contributed by atoms with E-state index in [-0.39, 0.29) is 5.69 Å². The summed E-state index contributed by atoms with van der Waals surface area (Å²) in [6.45, 7) is 0. The summed E-state index contributed by atoms with van der Waals surface area (Å²) in [5.41, 5.74) is 8.04. The Balaban J connectivity index is 1.69. The van der Waals surface area contributed by atoms with E-state index in [0.717, 1.165) is 29.8 Å². The Morgan fingerprint density at radius 1 is 1.07 bits per heavy atom. The first kappa shape index (κ1) is 18.8. The third kappa shape index (κ3) is 3.49. The fraction of sp³-hybridized carbons (Fsp3) is 0.190. The van der Waals surface area contributed by atoms with Crippen molar-refractivity contribution >= 4 is 11.8 Å². The van der Waals surface area contributed by atoms with Gasteiger partial charge in [0.15, 0.2) is 17.3 Å². The Hall–Kier alpha value is -3.55. The molecule has 0 bridgehead atoms. The summed E-state index contributed by atoms with van der Waals surface area (Å²) in [7, 11) is 0. The topological polar surface area (TPSA) is 90.0 Å². The first-order valence-corrected chi connectivity index (χ1v) is 9.17. The number of carbonyl (C=O) groups excluding carboxylic acids is 2. The second-order valence-electron chi connectivity index (χ2n) is 6.86. The van der Waals surface area contributed by atoms with E-state index < -0.39 is 29.5 Å². The van der Waals surface area contributed by atoms with Crippen LogP contribution < -0.4 is 11.1 Å². The molecule has 29 heavy (non-hydrogen) atoms. The monoisotopic (exact) mass is 396 g/mol. The van der Waals surface area contributed by atoms with Crippen LogP contribution in [0.25, 0.3) is 5.69 Å². The molecular weight excluding hydrogens is 378 g/mol. The van der Waals surface area contributed by atoms with Gasteiger partial charge >= 0.3 is 0 Å². The van der Waals surface area contributed by atoms with Crippen molar-refractivity contribution in [3.05, 3.63) is 82.7 Å². The number of fused-ring (bicyclic) bond motifs is 1. The fourth-order valence-corrected chi connectivity index (χ4v) is 3.61. The molecule has 0 radical (unpaired) electrons. The molecule has 2 amide bonds. The van der Waals surface area contributed by atoms with Gasteiger partial charge in [-0.25, -0.2) is 13.5 Å². The molecule has 148 valence electrons. The lowest BCUT2D eigenvalue weighted by Gasteiger charge is -2.15. The fourth-order valence-electron chi connectivity index (χ4n) is 3.61. The van der Waals surface area contributed by atoms with Crippen molar-refractivity contribution in [2.24, 2.45) is 5.73 Å². The average molecular weight is 396 g/mol. The highest BCUT2D eigenvalue weighted by Gasteiger charge is 2.29. The van der Waals surface area contributed by atoms with Crippen molar-refractivity contribution in [3.8, 4) is 5.69 Å². The molecule has 2 aromatic carbocycles. The van der Waals surface area contributed by atoms with Gasteiger partial charge in [0.1, 0.15) is 6.04 Å². The number of nitrogens with one attached hydrogen (secondary N) is 1. The minimum absolute atomic E-state index is 0.157. The van der Waals surface area contributed by atoms with Gasteiger partial charge in [0.2, 0.25) is 5.91 Å². The predicted octanol–water partition coefficient (Wildman–Crippen LogP) is 2.60. The molecule has 0 saturated carbocycles. The Morgan fingerprint density at radius 3 is 2.52 bits per heavy atom. The SMILES string of the molecule is NC(=O)C(NC(=O)c1nn(-c2ccc(F)c(F)c2)c2c1CCC2)c1ccccc1. The van der Waals surface area contributed by atoms with E-state index in [1.807, 2.05) is 0 Å². The second kappa shape index (κ2) is 7.46. The van der Waals surface area contributed by atoms with Crippen LogP contribution in [0.2, 0.25) is 0 Å². The number of halogens is 2. The van der Waals surface area contributed by atoms with Crippen molar-refractivity contribution in [2.45, 2.75) is 25.3 Å². The van der Waals surface area contributed by atoms with E-state index in [9.17, 15) is 18.4 Å². The van der Waals surface area contributed by atoms with Gasteiger partial charge in [0.25, 0.3) is 5.91 Å². The molecule has 1 aromatic heterocycles. The number of nitrogens with zero attached hydrogens (tertiary/aromatic N) is 2. The van der Waals surface area contributed by atoms with E-state index in [1.165, 1.54) is 10.7 Å². The molecule has 3 aromatic rings. The lowest BCUT2D eigenvalue weighted by molar-refractivity contribution is -0.120. The Bertz CT molecular complexity index is 1100. The molecule has 1 unspecified atom stereocenters. The molecule has 3 N–H and O–H groups in total. The van der Waals surface area contributed by atoms with Crippen LogP contribution in [0.4, 0.5) is 8.78 Å². The maximum atomic E-state index is 13.7. The third-order valence-corrected chi connectivity index (χ3v) is 4.99. The zero-order valence-corrected chi connectivity index (χ0v) is 15.4. The van der Waals surface area contributed by atoms with Crippen LogP contribution in [-0.4, -0.2) is 21.6 Å². The maximum absolute atomic E-state index is 13.7. The minimum Gasteiger partial charge on any atom is -0.368 e. The number of carbonyl (C=O) groups is 2. The summed E-state index contributed by atoms with van der Waals surface area (Å²) in [5.74, 6) is -3.19. The molecule has 0 spiro atoms. The molecule has 8 heteroatoms. The van der Waals surface area contributed by atoms with E-state index >= 15 is 0 Å². The summed E-state index contributed by atoms with van der Waals surface area (Å²) in [5, 5.41) is 6.98.